The zero-order valence-corrected chi connectivity index (χ0v) is 15.1. The van der Waals surface area contributed by atoms with Crippen LogP contribution in [0.2, 0.25) is 5.02 Å². The Morgan fingerprint density at radius 2 is 1.87 bits per heavy atom. The van der Waals surface area contributed by atoms with Crippen LogP contribution in [0, 0.1) is 0 Å². The maximum Gasteiger partial charge on any atom is 0.135 e. The minimum atomic E-state index is 0.265. The van der Waals surface area contributed by atoms with Gasteiger partial charge in [-0.1, -0.05) is 57.9 Å². The van der Waals surface area contributed by atoms with Gasteiger partial charge in [-0.15, -0.1) is 0 Å². The monoisotopic (exact) mass is 389 g/mol. The van der Waals surface area contributed by atoms with Crippen LogP contribution in [0.1, 0.15) is 24.3 Å². The summed E-state index contributed by atoms with van der Waals surface area (Å²) in [5, 5.41) is 4.14. The predicted octanol–water partition coefficient (Wildman–Crippen LogP) is 6.21. The van der Waals surface area contributed by atoms with Crippen LogP contribution in [0.15, 0.2) is 69.6 Å². The van der Waals surface area contributed by atoms with E-state index in [1.54, 1.807) is 0 Å². The van der Waals surface area contributed by atoms with Gasteiger partial charge in [-0.3, -0.25) is 0 Å². The summed E-state index contributed by atoms with van der Waals surface area (Å²) in [5.41, 5.74) is 2.16. The average molecular weight is 391 g/mol. The Balaban J connectivity index is 1.68. The zero-order valence-electron chi connectivity index (χ0n) is 12.7. The third-order valence-electron chi connectivity index (χ3n) is 3.74. The van der Waals surface area contributed by atoms with E-state index in [0.29, 0.717) is 11.6 Å². The second kappa shape index (κ2) is 7.35. The first-order valence-corrected chi connectivity index (χ1v) is 8.63. The molecule has 23 heavy (non-hydrogen) atoms. The minimum Gasteiger partial charge on any atom is -0.460 e. The van der Waals surface area contributed by atoms with Crippen LogP contribution in [-0.4, -0.2) is 0 Å². The molecule has 118 valence electrons. The molecule has 1 aromatic heterocycles. The molecule has 0 aliphatic rings. The second-order valence-corrected chi connectivity index (χ2v) is 6.73. The largest absolute Gasteiger partial charge is 0.460 e. The molecule has 4 heteroatoms. The molecule has 1 heterocycles. The molecule has 0 radical (unpaired) electrons. The summed E-state index contributed by atoms with van der Waals surface area (Å²) in [7, 11) is 0. The Hall–Kier alpha value is -1.55. The lowest BCUT2D eigenvalue weighted by atomic mass is 10.1. The van der Waals surface area contributed by atoms with Crippen LogP contribution in [0.3, 0.4) is 0 Å². The summed E-state index contributed by atoms with van der Waals surface area (Å²) in [5.74, 6) is 1.67. The van der Waals surface area contributed by atoms with Crippen molar-refractivity contribution >= 4 is 27.5 Å². The third-order valence-corrected chi connectivity index (χ3v) is 4.55. The second-order valence-electron chi connectivity index (χ2n) is 5.40. The molecule has 0 saturated heterocycles. The molecule has 3 rings (SSSR count). The van der Waals surface area contributed by atoms with E-state index in [1.165, 1.54) is 5.56 Å². The van der Waals surface area contributed by atoms with Crippen molar-refractivity contribution < 1.29 is 4.42 Å². The van der Waals surface area contributed by atoms with Gasteiger partial charge in [0.1, 0.15) is 11.5 Å². The molecule has 3 aromatic rings. The SMILES string of the molecule is C[C@@H](NCc1ccc(-c2ccc(Br)cc2Cl)o1)c1ccccc1. The minimum absolute atomic E-state index is 0.265. The quantitative estimate of drug-likeness (QED) is 0.560. The lowest BCUT2D eigenvalue weighted by Gasteiger charge is -2.13. The molecule has 0 spiro atoms. The maximum atomic E-state index is 6.28. The van der Waals surface area contributed by atoms with E-state index in [9.17, 15) is 0 Å². The zero-order chi connectivity index (χ0) is 16.2. The van der Waals surface area contributed by atoms with E-state index < -0.39 is 0 Å². The topological polar surface area (TPSA) is 25.2 Å². The number of nitrogens with one attached hydrogen (secondary N) is 1. The highest BCUT2D eigenvalue weighted by molar-refractivity contribution is 9.10. The predicted molar refractivity (Wildman–Crippen MR) is 98.6 cm³/mol. The maximum absolute atomic E-state index is 6.28. The van der Waals surface area contributed by atoms with E-state index in [4.69, 9.17) is 16.0 Å². The fourth-order valence-corrected chi connectivity index (χ4v) is 3.19. The van der Waals surface area contributed by atoms with E-state index in [2.05, 4.69) is 40.3 Å². The molecule has 0 bridgehead atoms. The summed E-state index contributed by atoms with van der Waals surface area (Å²) in [4.78, 5) is 0. The number of halogens is 2. The van der Waals surface area contributed by atoms with E-state index in [0.717, 1.165) is 21.6 Å². The summed E-state index contributed by atoms with van der Waals surface area (Å²) in [6, 6.07) is 20.3. The van der Waals surface area contributed by atoms with Gasteiger partial charge in [0.25, 0.3) is 0 Å². The van der Waals surface area contributed by atoms with Crippen LogP contribution in [0.25, 0.3) is 11.3 Å². The molecule has 0 aliphatic heterocycles. The summed E-state index contributed by atoms with van der Waals surface area (Å²) in [6.45, 7) is 2.81. The summed E-state index contributed by atoms with van der Waals surface area (Å²) in [6.07, 6.45) is 0. The highest BCUT2D eigenvalue weighted by atomic mass is 79.9. The molecule has 0 amide bonds. The van der Waals surface area contributed by atoms with Gasteiger partial charge in [0.2, 0.25) is 0 Å². The molecule has 0 saturated carbocycles. The van der Waals surface area contributed by atoms with Gasteiger partial charge in [0, 0.05) is 16.1 Å². The Bertz CT molecular complexity index is 785. The molecule has 0 aliphatic carbocycles. The Morgan fingerprint density at radius 3 is 2.61 bits per heavy atom. The number of hydrogen-bond acceptors (Lipinski definition) is 2. The molecule has 0 fully saturated rings. The van der Waals surface area contributed by atoms with Crippen LogP contribution in [0.4, 0.5) is 0 Å². The molecule has 0 unspecified atom stereocenters. The van der Waals surface area contributed by atoms with Gasteiger partial charge in [-0.2, -0.15) is 0 Å². The van der Waals surface area contributed by atoms with Crippen molar-refractivity contribution in [1.29, 1.82) is 0 Å². The first-order valence-electron chi connectivity index (χ1n) is 7.46. The number of hydrogen-bond donors (Lipinski definition) is 1. The Labute approximate surface area is 149 Å². The van der Waals surface area contributed by atoms with Gasteiger partial charge in [-0.05, 0) is 42.8 Å². The van der Waals surface area contributed by atoms with Crippen molar-refractivity contribution in [2.75, 3.05) is 0 Å². The van der Waals surface area contributed by atoms with Crippen LogP contribution >= 0.6 is 27.5 Å². The molecular weight excluding hydrogens is 374 g/mol. The number of furan rings is 1. The normalized spacial score (nSPS) is 12.3. The van der Waals surface area contributed by atoms with E-state index >= 15 is 0 Å². The van der Waals surface area contributed by atoms with E-state index in [-0.39, 0.29) is 6.04 Å². The van der Waals surface area contributed by atoms with Gasteiger partial charge >= 0.3 is 0 Å². The van der Waals surface area contributed by atoms with Crippen molar-refractivity contribution in [3.63, 3.8) is 0 Å². The highest BCUT2D eigenvalue weighted by Gasteiger charge is 2.10. The fraction of sp³-hybridized carbons (Fsp3) is 0.158. The van der Waals surface area contributed by atoms with Crippen molar-refractivity contribution in [3.8, 4) is 11.3 Å². The van der Waals surface area contributed by atoms with Crippen molar-refractivity contribution in [1.82, 2.24) is 5.32 Å². The van der Waals surface area contributed by atoms with Crippen molar-refractivity contribution in [2.45, 2.75) is 19.5 Å². The number of rotatable bonds is 5. The molecule has 1 atom stereocenters. The standard InChI is InChI=1S/C19H17BrClNO/c1-13(14-5-3-2-4-6-14)22-12-16-8-10-19(23-16)17-9-7-15(20)11-18(17)21/h2-11,13,22H,12H2,1H3/t13-/m1/s1. The summed E-state index contributed by atoms with van der Waals surface area (Å²) >= 11 is 9.69. The lowest BCUT2D eigenvalue weighted by molar-refractivity contribution is 0.468. The van der Waals surface area contributed by atoms with Crippen molar-refractivity contribution in [3.05, 3.63) is 81.5 Å². The molecular formula is C19H17BrClNO. The lowest BCUT2D eigenvalue weighted by Crippen LogP contribution is -2.17. The highest BCUT2D eigenvalue weighted by Crippen LogP contribution is 2.31. The summed E-state index contributed by atoms with van der Waals surface area (Å²) < 4.78 is 6.87. The van der Waals surface area contributed by atoms with E-state index in [1.807, 2.05) is 48.5 Å². The molecule has 2 aromatic carbocycles. The molecule has 2 nitrogen and oxygen atoms in total. The van der Waals surface area contributed by atoms with Gasteiger partial charge in [0.15, 0.2) is 0 Å². The number of benzene rings is 2. The van der Waals surface area contributed by atoms with Gasteiger partial charge in [-0.25, -0.2) is 0 Å². The van der Waals surface area contributed by atoms with Crippen molar-refractivity contribution in [2.24, 2.45) is 0 Å². The smallest absolute Gasteiger partial charge is 0.135 e. The fourth-order valence-electron chi connectivity index (χ4n) is 2.42. The Morgan fingerprint density at radius 1 is 1.09 bits per heavy atom. The van der Waals surface area contributed by atoms with Gasteiger partial charge in [0.05, 0.1) is 11.6 Å². The van der Waals surface area contributed by atoms with Crippen LogP contribution in [0.5, 0.6) is 0 Å². The first kappa shape index (κ1) is 16.3. The average Bonchev–Trinajstić information content (AvgIpc) is 3.02. The van der Waals surface area contributed by atoms with Gasteiger partial charge < -0.3 is 9.73 Å². The third kappa shape index (κ3) is 4.05. The molecule has 1 N–H and O–H groups in total. The van der Waals surface area contributed by atoms with Crippen LogP contribution in [-0.2, 0) is 6.54 Å². The van der Waals surface area contributed by atoms with Crippen LogP contribution < -0.4 is 5.32 Å². The first-order chi connectivity index (χ1) is 11.1. The Kier molecular flexibility index (Phi) is 5.21.